The van der Waals surface area contributed by atoms with Crippen LogP contribution in [0.2, 0.25) is 0 Å². The third-order valence-electron chi connectivity index (χ3n) is 4.74. The zero-order chi connectivity index (χ0) is 21.5. The number of aromatic nitrogens is 7. The van der Waals surface area contributed by atoms with E-state index < -0.39 is 5.97 Å². The monoisotopic (exact) mass is 433 g/mol. The molecule has 0 bridgehead atoms. The first-order chi connectivity index (χ1) is 15.0. The summed E-state index contributed by atoms with van der Waals surface area (Å²) in [6, 6.07) is 7.26. The topological polar surface area (TPSA) is 117 Å². The number of rotatable bonds is 4. The van der Waals surface area contributed by atoms with Gasteiger partial charge in [0.15, 0.2) is 29.0 Å². The lowest BCUT2D eigenvalue weighted by Crippen LogP contribution is -2.20. The van der Waals surface area contributed by atoms with Crippen molar-refractivity contribution in [2.75, 3.05) is 0 Å². The van der Waals surface area contributed by atoms with Crippen LogP contribution >= 0.6 is 11.3 Å². The van der Waals surface area contributed by atoms with Gasteiger partial charge in [-0.25, -0.2) is 19.7 Å². The lowest BCUT2D eigenvalue weighted by atomic mass is 10.1. The molecule has 5 rings (SSSR count). The standard InChI is InChI=1S/C20H15N7O3S/c1-11-4-5-14-12(8-11)18(28)26(2)20-25-24-15(27(14)20)9-30-19(29)13-10-31-17(23-13)16-21-6-3-7-22-16/h3-8,10H,9H2,1-2H3. The van der Waals surface area contributed by atoms with E-state index in [2.05, 4.69) is 25.1 Å². The fraction of sp³-hybridized carbons (Fsp3) is 0.150. The van der Waals surface area contributed by atoms with E-state index in [0.717, 1.165) is 5.56 Å². The Morgan fingerprint density at radius 2 is 2.00 bits per heavy atom. The molecule has 0 saturated heterocycles. The first-order valence-corrected chi connectivity index (χ1v) is 10.1. The molecular weight excluding hydrogens is 418 g/mol. The van der Waals surface area contributed by atoms with Crippen molar-refractivity contribution in [3.8, 4) is 10.8 Å². The molecule has 0 radical (unpaired) electrons. The molecule has 5 aromatic rings. The van der Waals surface area contributed by atoms with Crippen molar-refractivity contribution >= 4 is 34.0 Å². The van der Waals surface area contributed by atoms with Gasteiger partial charge in [-0.05, 0) is 25.1 Å². The second kappa shape index (κ2) is 7.36. The fourth-order valence-corrected chi connectivity index (χ4v) is 3.97. The molecule has 0 aliphatic heterocycles. The summed E-state index contributed by atoms with van der Waals surface area (Å²) in [5.41, 5.74) is 1.61. The highest BCUT2D eigenvalue weighted by atomic mass is 32.1. The molecule has 4 aromatic heterocycles. The normalized spacial score (nSPS) is 11.3. The third-order valence-corrected chi connectivity index (χ3v) is 5.58. The molecule has 0 N–H and O–H groups in total. The number of aryl methyl sites for hydroxylation is 2. The van der Waals surface area contributed by atoms with Crippen LogP contribution in [-0.4, -0.2) is 40.1 Å². The Hall–Kier alpha value is -3.99. The summed E-state index contributed by atoms with van der Waals surface area (Å²) in [7, 11) is 1.63. The van der Waals surface area contributed by atoms with Crippen molar-refractivity contribution < 1.29 is 9.53 Å². The molecule has 11 heteroatoms. The Morgan fingerprint density at radius 3 is 2.81 bits per heavy atom. The van der Waals surface area contributed by atoms with Gasteiger partial charge in [-0.1, -0.05) is 11.6 Å². The molecule has 0 fully saturated rings. The highest BCUT2D eigenvalue weighted by molar-refractivity contribution is 7.13. The Kier molecular flexibility index (Phi) is 4.51. The van der Waals surface area contributed by atoms with Crippen LogP contribution in [0.5, 0.6) is 0 Å². The number of ether oxygens (including phenoxy) is 1. The largest absolute Gasteiger partial charge is 0.453 e. The number of fused-ring (bicyclic) bond motifs is 3. The van der Waals surface area contributed by atoms with Crippen LogP contribution in [0, 0.1) is 6.92 Å². The van der Waals surface area contributed by atoms with E-state index in [1.165, 1.54) is 15.9 Å². The van der Waals surface area contributed by atoms with Gasteiger partial charge in [0.2, 0.25) is 5.78 Å². The van der Waals surface area contributed by atoms with E-state index in [1.807, 2.05) is 25.1 Å². The first kappa shape index (κ1) is 19.0. The lowest BCUT2D eigenvalue weighted by Gasteiger charge is -2.08. The van der Waals surface area contributed by atoms with Gasteiger partial charge >= 0.3 is 5.97 Å². The Balaban J connectivity index is 1.45. The van der Waals surface area contributed by atoms with E-state index in [0.29, 0.717) is 33.3 Å². The maximum Gasteiger partial charge on any atom is 0.358 e. The van der Waals surface area contributed by atoms with Gasteiger partial charge in [0.25, 0.3) is 5.56 Å². The van der Waals surface area contributed by atoms with Crippen LogP contribution in [0.1, 0.15) is 21.9 Å². The lowest BCUT2D eigenvalue weighted by molar-refractivity contribution is 0.0455. The van der Waals surface area contributed by atoms with Crippen molar-refractivity contribution in [2.24, 2.45) is 7.05 Å². The summed E-state index contributed by atoms with van der Waals surface area (Å²) in [5, 5.41) is 10.9. The molecule has 10 nitrogen and oxygen atoms in total. The minimum Gasteiger partial charge on any atom is -0.453 e. The Morgan fingerprint density at radius 1 is 1.19 bits per heavy atom. The molecular formula is C20H15N7O3S. The van der Waals surface area contributed by atoms with Crippen molar-refractivity contribution in [1.82, 2.24) is 34.1 Å². The molecule has 0 amide bonds. The second-order valence-corrected chi connectivity index (χ2v) is 7.68. The summed E-state index contributed by atoms with van der Waals surface area (Å²) < 4.78 is 8.57. The fourth-order valence-electron chi connectivity index (χ4n) is 3.24. The summed E-state index contributed by atoms with van der Waals surface area (Å²) >= 11 is 1.26. The van der Waals surface area contributed by atoms with Gasteiger partial charge in [0, 0.05) is 24.8 Å². The zero-order valence-electron chi connectivity index (χ0n) is 16.5. The van der Waals surface area contributed by atoms with Crippen molar-refractivity contribution in [3.05, 3.63) is 69.5 Å². The molecule has 0 atom stereocenters. The smallest absolute Gasteiger partial charge is 0.358 e. The van der Waals surface area contributed by atoms with Crippen LogP contribution in [0.4, 0.5) is 0 Å². The second-order valence-electron chi connectivity index (χ2n) is 6.82. The van der Waals surface area contributed by atoms with Crippen molar-refractivity contribution in [2.45, 2.75) is 13.5 Å². The average Bonchev–Trinajstić information content (AvgIpc) is 3.44. The van der Waals surface area contributed by atoms with Gasteiger partial charge in [-0.15, -0.1) is 21.5 Å². The average molecular weight is 433 g/mol. The van der Waals surface area contributed by atoms with E-state index in [1.54, 1.807) is 35.3 Å². The molecule has 0 unspecified atom stereocenters. The summed E-state index contributed by atoms with van der Waals surface area (Å²) in [6.45, 7) is 1.79. The molecule has 0 saturated carbocycles. The molecule has 0 aliphatic rings. The number of benzene rings is 1. The molecule has 1 aromatic carbocycles. The van der Waals surface area contributed by atoms with E-state index in [9.17, 15) is 9.59 Å². The van der Waals surface area contributed by atoms with E-state index in [-0.39, 0.29) is 17.9 Å². The maximum absolute atomic E-state index is 12.7. The van der Waals surface area contributed by atoms with Crippen LogP contribution in [0.25, 0.3) is 27.5 Å². The quantitative estimate of drug-likeness (QED) is 0.396. The molecule has 154 valence electrons. The molecule has 31 heavy (non-hydrogen) atoms. The van der Waals surface area contributed by atoms with Crippen LogP contribution in [0.3, 0.4) is 0 Å². The molecule has 0 spiro atoms. The van der Waals surface area contributed by atoms with Crippen molar-refractivity contribution in [3.63, 3.8) is 0 Å². The number of thiazole rings is 1. The summed E-state index contributed by atoms with van der Waals surface area (Å²) in [5.74, 6) is 0.608. The number of hydrogen-bond acceptors (Lipinski definition) is 9. The molecule has 4 heterocycles. The van der Waals surface area contributed by atoms with Gasteiger partial charge < -0.3 is 4.74 Å². The predicted octanol–water partition coefficient (Wildman–Crippen LogP) is 2.16. The first-order valence-electron chi connectivity index (χ1n) is 9.26. The molecule has 0 aliphatic carbocycles. The number of esters is 1. The van der Waals surface area contributed by atoms with Crippen LogP contribution < -0.4 is 5.56 Å². The van der Waals surface area contributed by atoms with Crippen LogP contribution in [-0.2, 0) is 18.4 Å². The van der Waals surface area contributed by atoms with Gasteiger partial charge in [0.05, 0.1) is 10.9 Å². The predicted molar refractivity (Wildman–Crippen MR) is 113 cm³/mol. The Labute approximate surface area is 178 Å². The highest BCUT2D eigenvalue weighted by Crippen LogP contribution is 2.21. The minimum absolute atomic E-state index is 0.129. The number of nitrogens with zero attached hydrogens (tertiary/aromatic N) is 7. The minimum atomic E-state index is -0.597. The summed E-state index contributed by atoms with van der Waals surface area (Å²) in [6.07, 6.45) is 3.22. The van der Waals surface area contributed by atoms with Gasteiger partial charge in [0.1, 0.15) is 0 Å². The van der Waals surface area contributed by atoms with Gasteiger partial charge in [-0.3, -0.25) is 13.8 Å². The van der Waals surface area contributed by atoms with E-state index in [4.69, 9.17) is 4.74 Å². The van der Waals surface area contributed by atoms with Crippen LogP contribution in [0.15, 0.2) is 46.8 Å². The number of carbonyl (C=O) groups is 1. The number of hydrogen-bond donors (Lipinski definition) is 0. The maximum atomic E-state index is 12.7. The van der Waals surface area contributed by atoms with Crippen molar-refractivity contribution in [1.29, 1.82) is 0 Å². The number of carbonyl (C=O) groups excluding carboxylic acids is 1. The third kappa shape index (κ3) is 3.24. The SMILES string of the molecule is Cc1ccc2c(c1)c(=O)n(C)c1nnc(COC(=O)c3csc(-c4ncccn4)n3)n21. The van der Waals surface area contributed by atoms with Gasteiger partial charge in [-0.2, -0.15) is 0 Å². The summed E-state index contributed by atoms with van der Waals surface area (Å²) in [4.78, 5) is 37.7. The van der Waals surface area contributed by atoms with E-state index >= 15 is 0 Å². The highest BCUT2D eigenvalue weighted by Gasteiger charge is 2.18. The Bertz CT molecular complexity index is 1500. The zero-order valence-corrected chi connectivity index (χ0v) is 17.3.